The maximum absolute atomic E-state index is 12.2. The fourth-order valence-corrected chi connectivity index (χ4v) is 3.56. The van der Waals surface area contributed by atoms with Crippen molar-refractivity contribution < 1.29 is 18.7 Å². The first-order valence-corrected chi connectivity index (χ1v) is 10.5. The molecule has 0 aliphatic rings. The Morgan fingerprint density at radius 2 is 1.87 bits per heavy atom. The standard InChI is InChI=1S/C26H29NO4/c1-6-13-27-24(28)14-17(4)21-15-22-23(19-9-11-20(12-10-19)29-7-2)16-31-26(22)18(5)25(21)30-8-3/h6,9-12,14-16H,1,7-8,13H2,2-5H3,(H,27,28)/b17-14+. The quantitative estimate of drug-likeness (QED) is 0.346. The van der Waals surface area contributed by atoms with Gasteiger partial charge in [0, 0.05) is 34.7 Å². The number of nitrogens with one attached hydrogen (secondary N) is 1. The number of ether oxygens (including phenoxy) is 2. The van der Waals surface area contributed by atoms with Crippen molar-refractivity contribution in [3.05, 3.63) is 66.5 Å². The number of rotatable bonds is 9. The van der Waals surface area contributed by atoms with Crippen LogP contribution in [0.4, 0.5) is 0 Å². The van der Waals surface area contributed by atoms with Crippen molar-refractivity contribution in [2.24, 2.45) is 0 Å². The van der Waals surface area contributed by atoms with E-state index >= 15 is 0 Å². The third kappa shape index (κ3) is 4.82. The van der Waals surface area contributed by atoms with Gasteiger partial charge in [-0.25, -0.2) is 0 Å². The molecule has 0 radical (unpaired) electrons. The van der Waals surface area contributed by atoms with Crippen LogP contribution in [0.2, 0.25) is 0 Å². The van der Waals surface area contributed by atoms with Crippen LogP contribution in [0.5, 0.6) is 11.5 Å². The molecule has 0 atom stereocenters. The lowest BCUT2D eigenvalue weighted by atomic mass is 9.96. The van der Waals surface area contributed by atoms with Crippen molar-refractivity contribution >= 4 is 22.4 Å². The number of amides is 1. The summed E-state index contributed by atoms with van der Waals surface area (Å²) in [6.45, 7) is 13.0. The second-order valence-electron chi connectivity index (χ2n) is 7.16. The molecule has 2 aromatic carbocycles. The van der Waals surface area contributed by atoms with Crippen LogP contribution in [-0.4, -0.2) is 25.7 Å². The highest BCUT2D eigenvalue weighted by molar-refractivity contribution is 6.01. The van der Waals surface area contributed by atoms with E-state index in [1.807, 2.05) is 58.0 Å². The molecule has 3 aromatic rings. The Morgan fingerprint density at radius 3 is 2.52 bits per heavy atom. The fraction of sp³-hybridized carbons (Fsp3) is 0.269. The molecule has 1 heterocycles. The SMILES string of the molecule is C=CCNC(=O)/C=C(\C)c1cc2c(-c3ccc(OCC)cc3)coc2c(C)c1OCC. The first kappa shape index (κ1) is 22.2. The summed E-state index contributed by atoms with van der Waals surface area (Å²) in [5.74, 6) is 1.39. The summed E-state index contributed by atoms with van der Waals surface area (Å²) >= 11 is 0. The topological polar surface area (TPSA) is 60.7 Å². The maximum Gasteiger partial charge on any atom is 0.244 e. The van der Waals surface area contributed by atoms with Gasteiger partial charge in [0.2, 0.25) is 5.91 Å². The smallest absolute Gasteiger partial charge is 0.244 e. The second kappa shape index (κ2) is 10.0. The number of furan rings is 1. The third-order valence-corrected chi connectivity index (χ3v) is 5.00. The molecule has 31 heavy (non-hydrogen) atoms. The van der Waals surface area contributed by atoms with Gasteiger partial charge in [-0.2, -0.15) is 0 Å². The summed E-state index contributed by atoms with van der Waals surface area (Å²) in [5, 5.41) is 3.75. The molecular weight excluding hydrogens is 390 g/mol. The molecule has 3 rings (SSSR count). The molecule has 0 saturated heterocycles. The highest BCUT2D eigenvalue weighted by Crippen LogP contribution is 2.41. The van der Waals surface area contributed by atoms with E-state index in [1.165, 1.54) is 0 Å². The molecule has 0 bridgehead atoms. The number of aryl methyl sites for hydroxylation is 1. The van der Waals surface area contributed by atoms with Gasteiger partial charge in [0.15, 0.2) is 0 Å². The van der Waals surface area contributed by atoms with Crippen molar-refractivity contribution in [2.45, 2.75) is 27.7 Å². The Morgan fingerprint density at radius 1 is 1.16 bits per heavy atom. The third-order valence-electron chi connectivity index (χ3n) is 5.00. The van der Waals surface area contributed by atoms with Crippen LogP contribution >= 0.6 is 0 Å². The molecule has 5 heteroatoms. The molecule has 0 aliphatic carbocycles. The Hall–Kier alpha value is -3.47. The highest BCUT2D eigenvalue weighted by Gasteiger charge is 2.19. The van der Waals surface area contributed by atoms with Crippen LogP contribution in [0.1, 0.15) is 31.9 Å². The van der Waals surface area contributed by atoms with Gasteiger partial charge >= 0.3 is 0 Å². The van der Waals surface area contributed by atoms with Gasteiger partial charge < -0.3 is 19.2 Å². The average molecular weight is 420 g/mol. The first-order valence-electron chi connectivity index (χ1n) is 10.5. The number of fused-ring (bicyclic) bond motifs is 1. The summed E-state index contributed by atoms with van der Waals surface area (Å²) in [4.78, 5) is 12.2. The number of allylic oxidation sites excluding steroid dienone is 1. The minimum atomic E-state index is -0.170. The number of hydrogen-bond donors (Lipinski definition) is 1. The molecule has 1 amide bonds. The van der Waals surface area contributed by atoms with Gasteiger partial charge in [0.05, 0.1) is 19.5 Å². The molecule has 162 valence electrons. The monoisotopic (exact) mass is 419 g/mol. The Labute approximate surface area is 183 Å². The van der Waals surface area contributed by atoms with Gasteiger partial charge in [0.25, 0.3) is 0 Å². The van der Waals surface area contributed by atoms with E-state index in [0.717, 1.165) is 50.3 Å². The van der Waals surface area contributed by atoms with E-state index in [0.29, 0.717) is 19.8 Å². The number of carbonyl (C=O) groups excluding carboxylic acids is 1. The molecular formula is C26H29NO4. The van der Waals surface area contributed by atoms with Crippen molar-refractivity contribution in [2.75, 3.05) is 19.8 Å². The van der Waals surface area contributed by atoms with E-state index in [9.17, 15) is 4.79 Å². The maximum atomic E-state index is 12.2. The molecule has 0 aliphatic heterocycles. The Balaban J connectivity index is 2.12. The molecule has 0 spiro atoms. The van der Waals surface area contributed by atoms with Crippen molar-refractivity contribution in [1.29, 1.82) is 0 Å². The van der Waals surface area contributed by atoms with Crippen LogP contribution in [0, 0.1) is 6.92 Å². The molecule has 1 N–H and O–H groups in total. The molecule has 0 unspecified atom stereocenters. The lowest BCUT2D eigenvalue weighted by molar-refractivity contribution is -0.116. The van der Waals surface area contributed by atoms with Crippen molar-refractivity contribution in [3.63, 3.8) is 0 Å². The zero-order valence-corrected chi connectivity index (χ0v) is 18.6. The van der Waals surface area contributed by atoms with Crippen LogP contribution in [0.25, 0.3) is 27.7 Å². The zero-order valence-electron chi connectivity index (χ0n) is 18.6. The molecule has 0 fully saturated rings. The summed E-state index contributed by atoms with van der Waals surface area (Å²) < 4.78 is 17.5. The van der Waals surface area contributed by atoms with E-state index in [2.05, 4.69) is 11.9 Å². The van der Waals surface area contributed by atoms with Gasteiger partial charge in [-0.05, 0) is 57.0 Å². The predicted molar refractivity (Wildman–Crippen MR) is 126 cm³/mol. The van der Waals surface area contributed by atoms with Gasteiger partial charge in [-0.3, -0.25) is 4.79 Å². The molecule has 1 aromatic heterocycles. The van der Waals surface area contributed by atoms with Crippen LogP contribution in [0.15, 0.2) is 59.7 Å². The zero-order chi connectivity index (χ0) is 22.4. The second-order valence-corrected chi connectivity index (χ2v) is 7.16. The minimum Gasteiger partial charge on any atom is -0.494 e. The molecule has 0 saturated carbocycles. The number of benzene rings is 2. The summed E-state index contributed by atoms with van der Waals surface area (Å²) in [5.41, 5.74) is 5.38. The van der Waals surface area contributed by atoms with Crippen LogP contribution < -0.4 is 14.8 Å². The van der Waals surface area contributed by atoms with Crippen LogP contribution in [-0.2, 0) is 4.79 Å². The van der Waals surface area contributed by atoms with Crippen LogP contribution in [0.3, 0.4) is 0 Å². The van der Waals surface area contributed by atoms with E-state index in [-0.39, 0.29) is 5.91 Å². The van der Waals surface area contributed by atoms with Crippen molar-refractivity contribution in [3.8, 4) is 22.6 Å². The lowest BCUT2D eigenvalue weighted by Crippen LogP contribution is -2.20. The van der Waals surface area contributed by atoms with E-state index in [4.69, 9.17) is 13.9 Å². The fourth-order valence-electron chi connectivity index (χ4n) is 3.56. The molecule has 5 nitrogen and oxygen atoms in total. The van der Waals surface area contributed by atoms with Gasteiger partial charge in [-0.15, -0.1) is 6.58 Å². The summed E-state index contributed by atoms with van der Waals surface area (Å²) in [7, 11) is 0. The van der Waals surface area contributed by atoms with Gasteiger partial charge in [0.1, 0.15) is 17.1 Å². The largest absolute Gasteiger partial charge is 0.494 e. The normalized spacial score (nSPS) is 11.4. The number of hydrogen-bond acceptors (Lipinski definition) is 4. The Kier molecular flexibility index (Phi) is 7.19. The predicted octanol–water partition coefficient (Wildman–Crippen LogP) is 5.91. The van der Waals surface area contributed by atoms with E-state index in [1.54, 1.807) is 18.4 Å². The first-order chi connectivity index (χ1) is 15.0. The number of carbonyl (C=O) groups is 1. The lowest BCUT2D eigenvalue weighted by Gasteiger charge is -2.15. The highest BCUT2D eigenvalue weighted by atomic mass is 16.5. The average Bonchev–Trinajstić information content (AvgIpc) is 3.19. The summed E-state index contributed by atoms with van der Waals surface area (Å²) in [6.07, 6.45) is 5.00. The Bertz CT molecular complexity index is 1110. The summed E-state index contributed by atoms with van der Waals surface area (Å²) in [6, 6.07) is 9.98. The minimum absolute atomic E-state index is 0.170. The van der Waals surface area contributed by atoms with Crippen molar-refractivity contribution in [1.82, 2.24) is 5.32 Å². The van der Waals surface area contributed by atoms with Gasteiger partial charge in [-0.1, -0.05) is 18.2 Å². The van der Waals surface area contributed by atoms with E-state index < -0.39 is 0 Å².